The molecule has 5 nitrogen and oxygen atoms in total. The minimum atomic E-state index is 0.312. The molecule has 6 heteroatoms. The van der Waals surface area contributed by atoms with Crippen LogP contribution in [0.25, 0.3) is 10.2 Å². The molecule has 0 saturated heterocycles. The minimum Gasteiger partial charge on any atom is -0.368 e. The zero-order valence-corrected chi connectivity index (χ0v) is 11.3. The number of hydrogen-bond acceptors (Lipinski definition) is 6. The van der Waals surface area contributed by atoms with Crippen molar-refractivity contribution in [2.45, 2.75) is 6.54 Å². The van der Waals surface area contributed by atoms with Crippen molar-refractivity contribution in [2.24, 2.45) is 0 Å². The van der Waals surface area contributed by atoms with E-state index < -0.39 is 0 Å². The van der Waals surface area contributed by atoms with Gasteiger partial charge in [0.05, 0.1) is 5.39 Å². The molecule has 0 bridgehead atoms. The van der Waals surface area contributed by atoms with Crippen molar-refractivity contribution in [1.82, 2.24) is 15.0 Å². The van der Waals surface area contributed by atoms with Gasteiger partial charge in [-0.05, 0) is 29.1 Å². The molecular weight excluding hydrogens is 258 g/mol. The minimum absolute atomic E-state index is 0.312. The van der Waals surface area contributed by atoms with E-state index in [9.17, 15) is 0 Å². The van der Waals surface area contributed by atoms with Crippen LogP contribution in [0.2, 0.25) is 0 Å². The number of fused-ring (bicyclic) bond motifs is 1. The van der Waals surface area contributed by atoms with E-state index in [1.807, 2.05) is 30.6 Å². The molecule has 0 aliphatic heterocycles. The van der Waals surface area contributed by atoms with Crippen molar-refractivity contribution < 1.29 is 0 Å². The molecule has 0 aliphatic carbocycles. The average molecular weight is 271 g/mol. The topological polar surface area (TPSA) is 67.9 Å². The third-order valence-corrected chi connectivity index (χ3v) is 3.66. The number of hydrogen-bond donors (Lipinski definition) is 1. The summed E-state index contributed by atoms with van der Waals surface area (Å²) in [6, 6.07) is 6.01. The number of nitrogens with two attached hydrogens (primary N) is 1. The van der Waals surface area contributed by atoms with Crippen LogP contribution in [0, 0.1) is 0 Å². The summed E-state index contributed by atoms with van der Waals surface area (Å²) in [5, 5.41) is 3.04. The highest BCUT2D eigenvalue weighted by molar-refractivity contribution is 7.16. The fourth-order valence-corrected chi connectivity index (χ4v) is 2.75. The summed E-state index contributed by atoms with van der Waals surface area (Å²) < 4.78 is 0. The lowest BCUT2D eigenvalue weighted by molar-refractivity contribution is 0.900. The smallest absolute Gasteiger partial charge is 0.223 e. The molecule has 0 amide bonds. The molecule has 3 aromatic heterocycles. The summed E-state index contributed by atoms with van der Waals surface area (Å²) in [7, 11) is 2.00. The highest BCUT2D eigenvalue weighted by atomic mass is 32.1. The average Bonchev–Trinajstić information content (AvgIpc) is 2.86. The Bertz CT molecular complexity index is 695. The van der Waals surface area contributed by atoms with E-state index in [0.717, 1.165) is 22.6 Å². The van der Waals surface area contributed by atoms with E-state index >= 15 is 0 Å². The summed E-state index contributed by atoms with van der Waals surface area (Å²) >= 11 is 1.57. The van der Waals surface area contributed by atoms with Gasteiger partial charge in [0.2, 0.25) is 5.95 Å². The van der Waals surface area contributed by atoms with Crippen LogP contribution in [0.1, 0.15) is 5.56 Å². The molecule has 0 atom stereocenters. The number of nitrogen functional groups attached to an aromatic ring is 1. The third kappa shape index (κ3) is 2.34. The maximum atomic E-state index is 5.76. The lowest BCUT2D eigenvalue weighted by Crippen LogP contribution is -2.18. The molecule has 0 aliphatic rings. The monoisotopic (exact) mass is 271 g/mol. The van der Waals surface area contributed by atoms with Gasteiger partial charge in [-0.25, -0.2) is 4.98 Å². The van der Waals surface area contributed by atoms with E-state index in [1.165, 1.54) is 5.56 Å². The van der Waals surface area contributed by atoms with Crippen LogP contribution in [-0.4, -0.2) is 22.0 Å². The van der Waals surface area contributed by atoms with Gasteiger partial charge in [-0.1, -0.05) is 0 Å². The predicted molar refractivity (Wildman–Crippen MR) is 78.2 cm³/mol. The van der Waals surface area contributed by atoms with Crippen molar-refractivity contribution in [2.75, 3.05) is 17.7 Å². The van der Waals surface area contributed by atoms with Crippen LogP contribution in [0.3, 0.4) is 0 Å². The van der Waals surface area contributed by atoms with Gasteiger partial charge in [-0.2, -0.15) is 4.98 Å². The molecule has 0 saturated carbocycles. The summed E-state index contributed by atoms with van der Waals surface area (Å²) in [5.74, 6) is 1.17. The first-order valence-corrected chi connectivity index (χ1v) is 6.73. The SMILES string of the molecule is CN(Cc1ccncc1)c1nc(N)nc2sccc12. The van der Waals surface area contributed by atoms with Crippen molar-refractivity contribution in [1.29, 1.82) is 0 Å². The van der Waals surface area contributed by atoms with Crippen LogP contribution < -0.4 is 10.6 Å². The highest BCUT2D eigenvalue weighted by Crippen LogP contribution is 2.28. The van der Waals surface area contributed by atoms with Gasteiger partial charge in [0.25, 0.3) is 0 Å². The molecular formula is C13H13N5S. The number of pyridine rings is 1. The second-order valence-electron chi connectivity index (χ2n) is 4.26. The van der Waals surface area contributed by atoms with Crippen molar-refractivity contribution in [3.05, 3.63) is 41.5 Å². The number of nitrogens with zero attached hydrogens (tertiary/aromatic N) is 4. The maximum absolute atomic E-state index is 5.76. The second-order valence-corrected chi connectivity index (χ2v) is 5.15. The Kier molecular flexibility index (Phi) is 3.00. The number of thiophene rings is 1. The van der Waals surface area contributed by atoms with Crippen LogP contribution in [0.5, 0.6) is 0 Å². The molecule has 3 aromatic rings. The Morgan fingerprint density at radius 3 is 2.79 bits per heavy atom. The van der Waals surface area contributed by atoms with Crippen LogP contribution in [-0.2, 0) is 6.54 Å². The molecule has 96 valence electrons. The van der Waals surface area contributed by atoms with Crippen LogP contribution in [0.4, 0.5) is 11.8 Å². The zero-order chi connectivity index (χ0) is 13.2. The van der Waals surface area contributed by atoms with E-state index in [2.05, 4.69) is 19.9 Å². The van der Waals surface area contributed by atoms with Gasteiger partial charge < -0.3 is 10.6 Å². The van der Waals surface area contributed by atoms with Gasteiger partial charge in [0, 0.05) is 26.0 Å². The highest BCUT2D eigenvalue weighted by Gasteiger charge is 2.11. The third-order valence-electron chi connectivity index (χ3n) is 2.85. The second kappa shape index (κ2) is 4.81. The lowest BCUT2D eigenvalue weighted by Gasteiger charge is -2.19. The quantitative estimate of drug-likeness (QED) is 0.791. The Balaban J connectivity index is 1.97. The Morgan fingerprint density at radius 1 is 1.21 bits per heavy atom. The Hall–Kier alpha value is -2.21. The first-order chi connectivity index (χ1) is 9.24. The molecule has 0 radical (unpaired) electrons. The van der Waals surface area contributed by atoms with Gasteiger partial charge >= 0.3 is 0 Å². The van der Waals surface area contributed by atoms with Crippen molar-refractivity contribution >= 4 is 33.3 Å². The Morgan fingerprint density at radius 2 is 2.00 bits per heavy atom. The zero-order valence-electron chi connectivity index (χ0n) is 10.4. The molecule has 0 unspecified atom stereocenters. The first-order valence-electron chi connectivity index (χ1n) is 5.85. The molecule has 19 heavy (non-hydrogen) atoms. The van der Waals surface area contributed by atoms with Gasteiger partial charge in [0.15, 0.2) is 0 Å². The largest absolute Gasteiger partial charge is 0.368 e. The molecule has 0 spiro atoms. The number of rotatable bonds is 3. The fraction of sp³-hybridized carbons (Fsp3) is 0.154. The van der Waals surface area contributed by atoms with Crippen LogP contribution >= 0.6 is 11.3 Å². The predicted octanol–water partition coefficient (Wildman–Crippen LogP) is 2.30. The summed E-state index contributed by atoms with van der Waals surface area (Å²) in [5.41, 5.74) is 6.94. The molecule has 3 rings (SSSR count). The van der Waals surface area contributed by atoms with E-state index in [1.54, 1.807) is 23.7 Å². The summed E-state index contributed by atoms with van der Waals surface area (Å²) in [6.45, 7) is 0.754. The van der Waals surface area contributed by atoms with Gasteiger partial charge in [0.1, 0.15) is 10.6 Å². The van der Waals surface area contributed by atoms with E-state index in [4.69, 9.17) is 5.73 Å². The Labute approximate surface area is 114 Å². The molecule has 0 aromatic carbocycles. The van der Waals surface area contributed by atoms with E-state index in [-0.39, 0.29) is 0 Å². The fourth-order valence-electron chi connectivity index (χ4n) is 1.98. The lowest BCUT2D eigenvalue weighted by atomic mass is 10.2. The number of anilines is 2. The molecule has 2 N–H and O–H groups in total. The maximum Gasteiger partial charge on any atom is 0.223 e. The first kappa shape index (κ1) is 11.9. The van der Waals surface area contributed by atoms with Crippen LogP contribution in [0.15, 0.2) is 36.0 Å². The van der Waals surface area contributed by atoms with Gasteiger partial charge in [-0.15, -0.1) is 11.3 Å². The van der Waals surface area contributed by atoms with Crippen molar-refractivity contribution in [3.8, 4) is 0 Å². The summed E-state index contributed by atoms with van der Waals surface area (Å²) in [4.78, 5) is 15.6. The summed E-state index contributed by atoms with van der Waals surface area (Å²) in [6.07, 6.45) is 3.58. The standard InChI is InChI=1S/C13H13N5S/c1-18(8-9-2-5-15-6-3-9)11-10-4-7-19-12(10)17-13(14)16-11/h2-7H,8H2,1H3,(H2,14,16,17). The normalized spacial score (nSPS) is 10.8. The van der Waals surface area contributed by atoms with Gasteiger partial charge in [-0.3, -0.25) is 4.98 Å². The molecule has 0 fully saturated rings. The molecule has 3 heterocycles. The van der Waals surface area contributed by atoms with E-state index in [0.29, 0.717) is 5.95 Å². The van der Waals surface area contributed by atoms with Crippen molar-refractivity contribution in [3.63, 3.8) is 0 Å². The number of aromatic nitrogens is 3.